The van der Waals surface area contributed by atoms with Crippen molar-refractivity contribution in [1.29, 1.82) is 0 Å². The standard InChI is InChI=1S/C20H27N3O5S3/c24-30(25,17-5-7-18(8-6-17)31(26,27)23-9-1-2-10-23)21-16-19(20-4-3-15-29-20)22-11-13-28-14-12-22/h3-8,15,19,21H,1-2,9-14,16H2. The van der Waals surface area contributed by atoms with Gasteiger partial charge in [0.05, 0.1) is 29.0 Å². The molecule has 0 bridgehead atoms. The van der Waals surface area contributed by atoms with Crippen molar-refractivity contribution < 1.29 is 21.6 Å². The van der Waals surface area contributed by atoms with Gasteiger partial charge in [0, 0.05) is 37.6 Å². The Labute approximate surface area is 187 Å². The quantitative estimate of drug-likeness (QED) is 0.613. The van der Waals surface area contributed by atoms with E-state index in [0.717, 1.165) is 30.8 Å². The largest absolute Gasteiger partial charge is 0.379 e. The molecular formula is C20H27N3O5S3. The van der Waals surface area contributed by atoms with Crippen LogP contribution in [0.15, 0.2) is 51.6 Å². The minimum absolute atomic E-state index is 0.0554. The molecule has 31 heavy (non-hydrogen) atoms. The van der Waals surface area contributed by atoms with Gasteiger partial charge in [0.1, 0.15) is 0 Å². The first-order chi connectivity index (χ1) is 14.9. The number of hydrogen-bond acceptors (Lipinski definition) is 7. The monoisotopic (exact) mass is 485 g/mol. The molecule has 170 valence electrons. The molecular weight excluding hydrogens is 458 g/mol. The summed E-state index contributed by atoms with van der Waals surface area (Å²) in [5.41, 5.74) is 0. The molecule has 1 unspecified atom stereocenters. The number of benzene rings is 1. The number of sulfonamides is 2. The van der Waals surface area contributed by atoms with Crippen molar-refractivity contribution in [3.63, 3.8) is 0 Å². The highest BCUT2D eigenvalue weighted by atomic mass is 32.2. The molecule has 0 saturated carbocycles. The Kier molecular flexibility index (Phi) is 7.11. The van der Waals surface area contributed by atoms with Crippen LogP contribution in [0.2, 0.25) is 0 Å². The van der Waals surface area contributed by atoms with Gasteiger partial charge in [-0.3, -0.25) is 4.90 Å². The molecule has 0 amide bonds. The highest BCUT2D eigenvalue weighted by Gasteiger charge is 2.28. The van der Waals surface area contributed by atoms with Crippen molar-refractivity contribution in [3.05, 3.63) is 46.7 Å². The minimum Gasteiger partial charge on any atom is -0.379 e. The lowest BCUT2D eigenvalue weighted by Gasteiger charge is -2.34. The molecule has 4 rings (SSSR count). The average Bonchev–Trinajstić information content (AvgIpc) is 3.50. The van der Waals surface area contributed by atoms with Crippen LogP contribution in [0.25, 0.3) is 0 Å². The first kappa shape index (κ1) is 22.8. The van der Waals surface area contributed by atoms with Crippen molar-refractivity contribution in [2.24, 2.45) is 0 Å². The first-order valence-electron chi connectivity index (χ1n) is 10.3. The molecule has 2 fully saturated rings. The second-order valence-electron chi connectivity index (χ2n) is 7.61. The lowest BCUT2D eigenvalue weighted by molar-refractivity contribution is 0.0179. The molecule has 8 nitrogen and oxygen atoms in total. The molecule has 1 atom stereocenters. The van der Waals surface area contributed by atoms with E-state index in [-0.39, 0.29) is 22.4 Å². The maximum atomic E-state index is 12.9. The second-order valence-corrected chi connectivity index (χ2v) is 12.3. The molecule has 0 radical (unpaired) electrons. The van der Waals surface area contributed by atoms with Crippen LogP contribution in [0.3, 0.4) is 0 Å². The molecule has 2 aromatic rings. The van der Waals surface area contributed by atoms with E-state index in [1.807, 2.05) is 17.5 Å². The summed E-state index contributed by atoms with van der Waals surface area (Å²) in [5, 5.41) is 1.98. The molecule has 2 aliphatic heterocycles. The highest BCUT2D eigenvalue weighted by molar-refractivity contribution is 7.89. The molecule has 2 saturated heterocycles. The number of nitrogens with one attached hydrogen (secondary N) is 1. The minimum atomic E-state index is -3.78. The number of nitrogens with zero attached hydrogens (tertiary/aromatic N) is 2. The van der Waals surface area contributed by atoms with E-state index in [1.54, 1.807) is 11.3 Å². The SMILES string of the molecule is O=S(=O)(NCC(c1cccs1)N1CCOCC1)c1ccc(S(=O)(=O)N2CCCC2)cc1. The van der Waals surface area contributed by atoms with Crippen LogP contribution < -0.4 is 4.72 Å². The van der Waals surface area contributed by atoms with E-state index in [1.165, 1.54) is 28.6 Å². The summed E-state index contributed by atoms with van der Waals surface area (Å²) >= 11 is 1.60. The summed E-state index contributed by atoms with van der Waals surface area (Å²) < 4.78 is 60.7. The summed E-state index contributed by atoms with van der Waals surface area (Å²) in [7, 11) is -7.35. The summed E-state index contributed by atoms with van der Waals surface area (Å²) in [6.07, 6.45) is 1.70. The summed E-state index contributed by atoms with van der Waals surface area (Å²) in [4.78, 5) is 3.50. The zero-order chi connectivity index (χ0) is 21.9. The van der Waals surface area contributed by atoms with Gasteiger partial charge in [0.2, 0.25) is 20.0 Å². The lowest BCUT2D eigenvalue weighted by atomic mass is 10.2. The lowest BCUT2D eigenvalue weighted by Crippen LogP contribution is -2.43. The van der Waals surface area contributed by atoms with Gasteiger partial charge in [-0.1, -0.05) is 6.07 Å². The Morgan fingerprint density at radius 2 is 1.58 bits per heavy atom. The Morgan fingerprint density at radius 1 is 0.935 bits per heavy atom. The summed E-state index contributed by atoms with van der Waals surface area (Å²) in [6, 6.07) is 9.37. The van der Waals surface area contributed by atoms with E-state index in [4.69, 9.17) is 4.74 Å². The zero-order valence-electron chi connectivity index (χ0n) is 17.1. The van der Waals surface area contributed by atoms with Crippen molar-refractivity contribution in [2.45, 2.75) is 28.7 Å². The van der Waals surface area contributed by atoms with E-state index in [0.29, 0.717) is 26.3 Å². The van der Waals surface area contributed by atoms with Crippen LogP contribution in [-0.2, 0) is 24.8 Å². The van der Waals surface area contributed by atoms with Crippen molar-refractivity contribution in [2.75, 3.05) is 45.9 Å². The fourth-order valence-electron chi connectivity index (χ4n) is 3.92. The van der Waals surface area contributed by atoms with E-state index in [2.05, 4.69) is 9.62 Å². The van der Waals surface area contributed by atoms with Crippen molar-refractivity contribution >= 4 is 31.4 Å². The van der Waals surface area contributed by atoms with Crippen LogP contribution in [0.5, 0.6) is 0 Å². The predicted molar refractivity (Wildman–Crippen MR) is 119 cm³/mol. The fourth-order valence-corrected chi connectivity index (χ4v) is 7.34. The van der Waals surface area contributed by atoms with Crippen LogP contribution in [0, 0.1) is 0 Å². The van der Waals surface area contributed by atoms with Crippen LogP contribution in [0.1, 0.15) is 23.8 Å². The number of rotatable bonds is 8. The smallest absolute Gasteiger partial charge is 0.243 e. The van der Waals surface area contributed by atoms with E-state index >= 15 is 0 Å². The van der Waals surface area contributed by atoms with Gasteiger partial charge in [-0.15, -0.1) is 11.3 Å². The van der Waals surface area contributed by atoms with Gasteiger partial charge >= 0.3 is 0 Å². The van der Waals surface area contributed by atoms with Gasteiger partial charge in [-0.25, -0.2) is 21.6 Å². The number of morpholine rings is 1. The van der Waals surface area contributed by atoms with Crippen LogP contribution in [-0.4, -0.2) is 72.0 Å². The van der Waals surface area contributed by atoms with Crippen LogP contribution in [0.4, 0.5) is 0 Å². The third kappa shape index (κ3) is 5.19. The first-order valence-corrected chi connectivity index (χ1v) is 14.1. The molecule has 11 heteroatoms. The van der Waals surface area contributed by atoms with Gasteiger partial charge in [-0.05, 0) is 48.6 Å². The molecule has 1 aromatic carbocycles. The van der Waals surface area contributed by atoms with Crippen molar-refractivity contribution in [3.8, 4) is 0 Å². The van der Waals surface area contributed by atoms with Gasteiger partial charge in [0.15, 0.2) is 0 Å². The van der Waals surface area contributed by atoms with Crippen molar-refractivity contribution in [1.82, 2.24) is 13.9 Å². The van der Waals surface area contributed by atoms with Gasteiger partial charge in [0.25, 0.3) is 0 Å². The Balaban J connectivity index is 1.47. The average molecular weight is 486 g/mol. The Hall–Kier alpha value is -1.34. The maximum absolute atomic E-state index is 12.9. The van der Waals surface area contributed by atoms with Gasteiger partial charge < -0.3 is 4.74 Å². The summed E-state index contributed by atoms with van der Waals surface area (Å²) in [5.74, 6) is 0. The van der Waals surface area contributed by atoms with Gasteiger partial charge in [-0.2, -0.15) is 4.31 Å². The topological polar surface area (TPSA) is 96.0 Å². The molecule has 0 aliphatic carbocycles. The summed E-state index contributed by atoms with van der Waals surface area (Å²) in [6.45, 7) is 3.99. The number of ether oxygens (including phenoxy) is 1. The maximum Gasteiger partial charge on any atom is 0.243 e. The third-order valence-electron chi connectivity index (χ3n) is 5.66. The molecule has 2 aliphatic rings. The normalized spacial score (nSPS) is 20.1. The molecule has 1 aromatic heterocycles. The third-order valence-corrected chi connectivity index (χ3v) is 9.99. The zero-order valence-corrected chi connectivity index (χ0v) is 19.6. The van der Waals surface area contributed by atoms with Crippen LogP contribution >= 0.6 is 11.3 Å². The predicted octanol–water partition coefficient (Wildman–Crippen LogP) is 1.88. The Bertz CT molecular complexity index is 1060. The number of thiophene rings is 1. The van der Waals surface area contributed by atoms with E-state index in [9.17, 15) is 16.8 Å². The Morgan fingerprint density at radius 3 is 2.19 bits per heavy atom. The fraction of sp³-hybridized carbons (Fsp3) is 0.500. The number of hydrogen-bond donors (Lipinski definition) is 1. The molecule has 0 spiro atoms. The molecule has 3 heterocycles. The second kappa shape index (κ2) is 9.65. The highest BCUT2D eigenvalue weighted by Crippen LogP contribution is 2.26. The van der Waals surface area contributed by atoms with E-state index < -0.39 is 20.0 Å². The molecule has 1 N–H and O–H groups in total.